The molecule has 0 unspecified atom stereocenters. The Bertz CT molecular complexity index is 944. The minimum absolute atomic E-state index is 0.0179. The van der Waals surface area contributed by atoms with Crippen molar-refractivity contribution in [3.8, 4) is 0 Å². The second-order valence-corrected chi connectivity index (χ2v) is 9.97. The van der Waals surface area contributed by atoms with Crippen molar-refractivity contribution in [1.29, 1.82) is 0 Å². The molecule has 0 saturated carbocycles. The fourth-order valence-corrected chi connectivity index (χ4v) is 5.52. The summed E-state index contributed by atoms with van der Waals surface area (Å²) in [4.78, 5) is 43.8. The Labute approximate surface area is 196 Å². The van der Waals surface area contributed by atoms with Crippen molar-refractivity contribution in [2.45, 2.75) is 6.42 Å². The number of amides is 3. The van der Waals surface area contributed by atoms with Crippen LogP contribution in [0.3, 0.4) is 0 Å². The van der Waals surface area contributed by atoms with Gasteiger partial charge in [0.25, 0.3) is 11.8 Å². The van der Waals surface area contributed by atoms with E-state index in [1.165, 1.54) is 11.3 Å². The highest BCUT2D eigenvalue weighted by molar-refractivity contribution is 7.99. The maximum atomic E-state index is 12.7. The van der Waals surface area contributed by atoms with Crippen molar-refractivity contribution in [1.82, 2.24) is 14.7 Å². The third-order valence-corrected chi connectivity index (χ3v) is 7.33. The smallest absolute Gasteiger partial charge is 0.254 e. The van der Waals surface area contributed by atoms with E-state index in [-0.39, 0.29) is 24.3 Å². The van der Waals surface area contributed by atoms with Gasteiger partial charge < -0.3 is 15.1 Å². The van der Waals surface area contributed by atoms with Crippen LogP contribution in [0.4, 0.5) is 5.69 Å². The molecule has 9 heteroatoms. The van der Waals surface area contributed by atoms with Crippen LogP contribution in [0.1, 0.15) is 27.1 Å². The summed E-state index contributed by atoms with van der Waals surface area (Å²) < 4.78 is 0. The number of rotatable bonds is 5. The van der Waals surface area contributed by atoms with Crippen LogP contribution in [0.25, 0.3) is 0 Å². The molecule has 1 N–H and O–H groups in total. The number of hydrogen-bond acceptors (Lipinski definition) is 6. The molecule has 2 aliphatic heterocycles. The van der Waals surface area contributed by atoms with Crippen LogP contribution in [0.15, 0.2) is 41.1 Å². The molecule has 0 radical (unpaired) electrons. The molecule has 1 aromatic carbocycles. The fraction of sp³-hybridized carbons (Fsp3) is 0.435. The summed E-state index contributed by atoms with van der Waals surface area (Å²) in [6.07, 6.45) is 0.835. The molecule has 1 aromatic heterocycles. The summed E-state index contributed by atoms with van der Waals surface area (Å²) in [6.45, 7) is 4.54. The Morgan fingerprint density at radius 3 is 2.44 bits per heavy atom. The normalized spacial score (nSPS) is 17.6. The third kappa shape index (κ3) is 5.90. The number of nitrogens with zero attached hydrogens (tertiary/aromatic N) is 3. The minimum atomic E-state index is -0.110. The van der Waals surface area contributed by atoms with E-state index in [1.807, 2.05) is 44.5 Å². The van der Waals surface area contributed by atoms with Crippen LogP contribution in [-0.4, -0.2) is 89.7 Å². The van der Waals surface area contributed by atoms with E-state index in [0.29, 0.717) is 30.9 Å². The first-order valence-electron chi connectivity index (χ1n) is 10.9. The van der Waals surface area contributed by atoms with Crippen molar-refractivity contribution in [2.75, 3.05) is 62.6 Å². The summed E-state index contributed by atoms with van der Waals surface area (Å²) in [6, 6.07) is 9.03. The zero-order valence-electron chi connectivity index (χ0n) is 18.0. The van der Waals surface area contributed by atoms with Gasteiger partial charge in [0.1, 0.15) is 0 Å². The van der Waals surface area contributed by atoms with Crippen molar-refractivity contribution in [2.24, 2.45) is 0 Å². The van der Waals surface area contributed by atoms with Crippen molar-refractivity contribution >= 4 is 46.5 Å². The standard InChI is InChI=1S/C23H28N4O3S2/c28-21(16-25-6-2-7-26(9-8-25)23(30)19-5-12-32-17-19)24-20-4-1-3-18(15-20)22(29)27-10-13-31-14-11-27/h1,3-5,12,15,17H,2,6-11,13-14,16H2,(H,24,28). The van der Waals surface area contributed by atoms with Crippen molar-refractivity contribution in [3.05, 3.63) is 52.2 Å². The summed E-state index contributed by atoms with van der Waals surface area (Å²) in [7, 11) is 0. The first kappa shape index (κ1) is 22.8. The van der Waals surface area contributed by atoms with Gasteiger partial charge in [-0.15, -0.1) is 0 Å². The average Bonchev–Trinajstić information content (AvgIpc) is 3.26. The first-order valence-corrected chi connectivity index (χ1v) is 13.0. The molecule has 170 valence electrons. The van der Waals surface area contributed by atoms with Crippen molar-refractivity contribution < 1.29 is 14.4 Å². The van der Waals surface area contributed by atoms with Crippen molar-refractivity contribution in [3.63, 3.8) is 0 Å². The van der Waals surface area contributed by atoms with Crippen LogP contribution in [-0.2, 0) is 4.79 Å². The average molecular weight is 473 g/mol. The van der Waals surface area contributed by atoms with E-state index in [1.54, 1.807) is 18.2 Å². The number of benzene rings is 1. The Morgan fingerprint density at radius 2 is 1.66 bits per heavy atom. The Balaban J connectivity index is 1.29. The summed E-state index contributed by atoms with van der Waals surface area (Å²) in [5.41, 5.74) is 1.97. The predicted molar refractivity (Wildman–Crippen MR) is 130 cm³/mol. The first-order chi connectivity index (χ1) is 15.6. The highest BCUT2D eigenvalue weighted by Gasteiger charge is 2.22. The molecule has 0 atom stereocenters. The Kier molecular flexibility index (Phi) is 7.83. The molecule has 4 rings (SSSR count). The van der Waals surface area contributed by atoms with Crippen LogP contribution in [0.2, 0.25) is 0 Å². The molecule has 2 aliphatic rings. The zero-order valence-corrected chi connectivity index (χ0v) is 19.6. The quantitative estimate of drug-likeness (QED) is 0.725. The number of thioether (sulfide) groups is 1. The van der Waals surface area contributed by atoms with E-state index in [0.717, 1.165) is 43.1 Å². The molecule has 7 nitrogen and oxygen atoms in total. The maximum absolute atomic E-state index is 12.7. The van der Waals surface area contributed by atoms with Gasteiger partial charge in [0.15, 0.2) is 0 Å². The highest BCUT2D eigenvalue weighted by atomic mass is 32.2. The molecule has 0 spiro atoms. The number of anilines is 1. The Morgan fingerprint density at radius 1 is 0.875 bits per heavy atom. The van der Waals surface area contributed by atoms with Gasteiger partial charge in [0.05, 0.1) is 12.1 Å². The maximum Gasteiger partial charge on any atom is 0.254 e. The third-order valence-electron chi connectivity index (χ3n) is 5.70. The monoisotopic (exact) mass is 472 g/mol. The van der Waals surface area contributed by atoms with Gasteiger partial charge in [-0.05, 0) is 36.1 Å². The zero-order chi connectivity index (χ0) is 22.3. The number of carbonyl (C=O) groups is 3. The lowest BCUT2D eigenvalue weighted by atomic mass is 10.1. The number of hydrogen-bond donors (Lipinski definition) is 1. The number of nitrogens with one attached hydrogen (secondary N) is 1. The van der Waals surface area contributed by atoms with Gasteiger partial charge in [-0.2, -0.15) is 23.1 Å². The Hall–Kier alpha value is -2.36. The lowest BCUT2D eigenvalue weighted by Gasteiger charge is -2.26. The molecule has 32 heavy (non-hydrogen) atoms. The molecule has 2 saturated heterocycles. The summed E-state index contributed by atoms with van der Waals surface area (Å²) in [5, 5.41) is 6.72. The topological polar surface area (TPSA) is 73.0 Å². The molecule has 3 heterocycles. The summed E-state index contributed by atoms with van der Waals surface area (Å²) >= 11 is 3.39. The molecule has 0 bridgehead atoms. The largest absolute Gasteiger partial charge is 0.337 e. The summed E-state index contributed by atoms with van der Waals surface area (Å²) in [5.74, 6) is 1.90. The second-order valence-electron chi connectivity index (χ2n) is 7.97. The predicted octanol–water partition coefficient (Wildman–Crippen LogP) is 2.72. The number of carbonyl (C=O) groups excluding carboxylic acids is 3. The van der Waals surface area contributed by atoms with Crippen LogP contribution in [0, 0.1) is 0 Å². The molecule has 2 fully saturated rings. The van der Waals surface area contributed by atoms with E-state index in [2.05, 4.69) is 10.2 Å². The fourth-order valence-electron chi connectivity index (χ4n) is 3.98. The molecule has 2 aromatic rings. The van der Waals surface area contributed by atoms with Crippen LogP contribution in [0.5, 0.6) is 0 Å². The molecular formula is C23H28N4O3S2. The molecule has 3 amide bonds. The van der Waals surface area contributed by atoms with Gasteiger partial charge in [-0.1, -0.05) is 6.07 Å². The van der Waals surface area contributed by atoms with Gasteiger partial charge in [-0.25, -0.2) is 0 Å². The second kappa shape index (κ2) is 11.0. The van der Waals surface area contributed by atoms with Crippen LogP contribution >= 0.6 is 23.1 Å². The van der Waals surface area contributed by atoms with E-state index in [4.69, 9.17) is 0 Å². The van der Waals surface area contributed by atoms with Gasteiger partial charge >= 0.3 is 0 Å². The van der Waals surface area contributed by atoms with Gasteiger partial charge in [0.2, 0.25) is 5.91 Å². The van der Waals surface area contributed by atoms with Crippen LogP contribution < -0.4 is 5.32 Å². The SMILES string of the molecule is O=C(CN1CCCN(C(=O)c2ccsc2)CC1)Nc1cccc(C(=O)N2CCSCC2)c1. The lowest BCUT2D eigenvalue weighted by molar-refractivity contribution is -0.117. The number of thiophene rings is 1. The molecule has 0 aliphatic carbocycles. The highest BCUT2D eigenvalue weighted by Crippen LogP contribution is 2.17. The van der Waals surface area contributed by atoms with Gasteiger partial charge in [-0.3, -0.25) is 19.3 Å². The van der Waals surface area contributed by atoms with E-state index >= 15 is 0 Å². The minimum Gasteiger partial charge on any atom is -0.337 e. The lowest BCUT2D eigenvalue weighted by Crippen LogP contribution is -2.38. The molecular weight excluding hydrogens is 444 g/mol. The van der Waals surface area contributed by atoms with E-state index in [9.17, 15) is 14.4 Å². The van der Waals surface area contributed by atoms with E-state index < -0.39 is 0 Å². The van der Waals surface area contributed by atoms with Gasteiger partial charge in [0, 0.05) is 67.4 Å².